The molecule has 1 aliphatic heterocycles. The Hall–Kier alpha value is -4.53. The number of benzene rings is 2. The zero-order chi connectivity index (χ0) is 24.1. The van der Waals surface area contributed by atoms with Crippen molar-refractivity contribution < 1.29 is 4.79 Å². The van der Waals surface area contributed by atoms with Crippen LogP contribution in [0.2, 0.25) is 0 Å². The van der Waals surface area contributed by atoms with E-state index < -0.39 is 0 Å². The van der Waals surface area contributed by atoms with Crippen molar-refractivity contribution in [1.29, 1.82) is 0 Å². The second-order valence-corrected chi connectivity index (χ2v) is 9.49. The van der Waals surface area contributed by atoms with E-state index in [0.717, 1.165) is 52.2 Å². The molecule has 2 aliphatic rings. The molecule has 3 aromatic heterocycles. The van der Waals surface area contributed by atoms with Crippen molar-refractivity contribution in [3.05, 3.63) is 89.1 Å². The quantitative estimate of drug-likeness (QED) is 0.366. The second kappa shape index (κ2) is 8.30. The van der Waals surface area contributed by atoms with Crippen molar-refractivity contribution in [2.45, 2.75) is 31.8 Å². The molecule has 36 heavy (non-hydrogen) atoms. The Kier molecular flexibility index (Phi) is 4.80. The smallest absolute Gasteiger partial charge is 0.270 e. The van der Waals surface area contributed by atoms with E-state index >= 15 is 0 Å². The minimum Gasteiger partial charge on any atom is -0.367 e. The summed E-state index contributed by atoms with van der Waals surface area (Å²) >= 11 is 0. The van der Waals surface area contributed by atoms with Gasteiger partial charge in [-0.05, 0) is 36.1 Å². The molecule has 1 aliphatic carbocycles. The number of aromatic nitrogens is 6. The summed E-state index contributed by atoms with van der Waals surface area (Å²) in [7, 11) is 0. The molecule has 0 atom stereocenters. The van der Waals surface area contributed by atoms with Gasteiger partial charge in [-0.2, -0.15) is 15.4 Å². The molecule has 0 bridgehead atoms. The number of carbonyl (C=O) groups excluding carboxylic acids is 1. The average molecular weight is 477 g/mol. The van der Waals surface area contributed by atoms with Crippen LogP contribution in [-0.2, 0) is 25.8 Å². The van der Waals surface area contributed by atoms with Gasteiger partial charge < -0.3 is 15.2 Å². The Labute approximate surface area is 207 Å². The molecule has 1 amide bonds. The monoisotopic (exact) mass is 476 g/mol. The maximum Gasteiger partial charge on any atom is 0.270 e. The number of carbonyl (C=O) groups is 1. The molecule has 0 fully saturated rings. The van der Waals surface area contributed by atoms with Gasteiger partial charge in [-0.25, -0.2) is 9.97 Å². The van der Waals surface area contributed by atoms with E-state index in [-0.39, 0.29) is 5.91 Å². The minimum atomic E-state index is -0.0347. The van der Waals surface area contributed by atoms with Gasteiger partial charge in [0.25, 0.3) is 5.91 Å². The van der Waals surface area contributed by atoms with Crippen LogP contribution >= 0.6 is 0 Å². The summed E-state index contributed by atoms with van der Waals surface area (Å²) < 4.78 is 0. The van der Waals surface area contributed by atoms with Crippen LogP contribution in [0.4, 0.5) is 5.82 Å². The van der Waals surface area contributed by atoms with E-state index in [1.807, 2.05) is 30.3 Å². The topological polar surface area (TPSA) is 115 Å². The third-order valence-corrected chi connectivity index (χ3v) is 7.17. The lowest BCUT2D eigenvalue weighted by atomic mass is 10.1. The van der Waals surface area contributed by atoms with Crippen LogP contribution in [0.5, 0.6) is 0 Å². The molecule has 0 spiro atoms. The molecule has 0 saturated heterocycles. The molecule has 0 saturated carbocycles. The highest BCUT2D eigenvalue weighted by Crippen LogP contribution is 2.28. The fourth-order valence-corrected chi connectivity index (χ4v) is 5.31. The number of hydrogen-bond acceptors (Lipinski definition) is 6. The molecule has 7 rings (SSSR count). The number of fused-ring (bicyclic) bond motifs is 3. The van der Waals surface area contributed by atoms with Gasteiger partial charge in [0, 0.05) is 41.5 Å². The third-order valence-electron chi connectivity index (χ3n) is 7.17. The Morgan fingerprint density at radius 3 is 2.67 bits per heavy atom. The Morgan fingerprint density at radius 1 is 0.972 bits per heavy atom. The molecular weight excluding hydrogens is 452 g/mol. The van der Waals surface area contributed by atoms with Gasteiger partial charge in [-0.1, -0.05) is 36.4 Å². The summed E-state index contributed by atoms with van der Waals surface area (Å²) in [5.74, 6) is 0.782. The summed E-state index contributed by atoms with van der Waals surface area (Å²) in [6, 6.07) is 18.9. The number of aromatic amines is 2. The van der Waals surface area contributed by atoms with Gasteiger partial charge in [0.2, 0.25) is 0 Å². The van der Waals surface area contributed by atoms with Crippen LogP contribution < -0.4 is 5.32 Å². The van der Waals surface area contributed by atoms with Gasteiger partial charge in [0.05, 0.1) is 17.9 Å². The number of nitrogens with zero attached hydrogens (tertiary/aromatic N) is 5. The Morgan fingerprint density at radius 2 is 1.81 bits per heavy atom. The van der Waals surface area contributed by atoms with Crippen molar-refractivity contribution >= 4 is 22.6 Å². The van der Waals surface area contributed by atoms with Crippen LogP contribution in [0.25, 0.3) is 22.2 Å². The van der Waals surface area contributed by atoms with Gasteiger partial charge in [-0.15, -0.1) is 0 Å². The fourth-order valence-electron chi connectivity index (χ4n) is 5.31. The van der Waals surface area contributed by atoms with Crippen molar-refractivity contribution in [3.63, 3.8) is 0 Å². The number of anilines is 1. The van der Waals surface area contributed by atoms with Gasteiger partial charge >= 0.3 is 0 Å². The van der Waals surface area contributed by atoms with E-state index in [1.165, 1.54) is 11.1 Å². The summed E-state index contributed by atoms with van der Waals surface area (Å²) in [6.45, 7) is 1.09. The van der Waals surface area contributed by atoms with Gasteiger partial charge in [0.1, 0.15) is 23.5 Å². The summed E-state index contributed by atoms with van der Waals surface area (Å²) in [5, 5.41) is 15.5. The molecule has 3 N–H and O–H groups in total. The van der Waals surface area contributed by atoms with Crippen molar-refractivity contribution in [2.75, 3.05) is 11.9 Å². The van der Waals surface area contributed by atoms with Crippen LogP contribution in [0, 0.1) is 0 Å². The van der Waals surface area contributed by atoms with Gasteiger partial charge in [-0.3, -0.25) is 4.79 Å². The summed E-state index contributed by atoms with van der Waals surface area (Å²) in [6.07, 6.45) is 4.30. The first-order valence-electron chi connectivity index (χ1n) is 12.2. The molecular formula is C27H24N8O. The lowest BCUT2D eigenvalue weighted by molar-refractivity contribution is 0.0727. The van der Waals surface area contributed by atoms with Gasteiger partial charge in [0.15, 0.2) is 0 Å². The Balaban J connectivity index is 1.10. The number of H-pyrrole nitrogens is 2. The number of nitrogens with one attached hydrogen (secondary N) is 3. The molecule has 5 aromatic rings. The predicted octanol–water partition coefficient (Wildman–Crippen LogP) is 3.52. The second-order valence-electron chi connectivity index (χ2n) is 9.49. The van der Waals surface area contributed by atoms with Crippen LogP contribution in [0.3, 0.4) is 0 Å². The molecule has 0 unspecified atom stereocenters. The minimum absolute atomic E-state index is 0.0347. The fraction of sp³-hybridized carbons (Fsp3) is 0.222. The first-order valence-corrected chi connectivity index (χ1v) is 12.2. The van der Waals surface area contributed by atoms with E-state index in [9.17, 15) is 4.79 Å². The van der Waals surface area contributed by atoms with Crippen LogP contribution in [0.15, 0.2) is 60.9 Å². The van der Waals surface area contributed by atoms with Crippen LogP contribution in [0.1, 0.15) is 33.0 Å². The molecule has 4 heterocycles. The van der Waals surface area contributed by atoms with E-state index in [2.05, 4.69) is 59.9 Å². The number of rotatable bonds is 4. The number of hydrogen-bond donors (Lipinski definition) is 3. The van der Waals surface area contributed by atoms with Crippen LogP contribution in [-0.4, -0.2) is 53.8 Å². The normalized spacial score (nSPS) is 15.2. The molecule has 0 radical (unpaired) electrons. The lowest BCUT2D eigenvalue weighted by Gasteiger charge is -2.24. The van der Waals surface area contributed by atoms with E-state index in [4.69, 9.17) is 0 Å². The Bertz CT molecular complexity index is 1580. The highest BCUT2D eigenvalue weighted by molar-refractivity contribution is 5.98. The third kappa shape index (κ3) is 3.69. The highest BCUT2D eigenvalue weighted by atomic mass is 16.2. The zero-order valence-corrected chi connectivity index (χ0v) is 19.5. The predicted molar refractivity (Wildman–Crippen MR) is 135 cm³/mol. The average Bonchev–Trinajstić information content (AvgIpc) is 3.65. The SMILES string of the molecule is O=C(c1cc2ccc(-c3cc(NC4Cc5ccccc5C4)ncn3)cc2[nH]1)N1CCc2n[nH]nc2C1. The van der Waals surface area contributed by atoms with Crippen molar-refractivity contribution in [2.24, 2.45) is 0 Å². The maximum atomic E-state index is 13.2. The van der Waals surface area contributed by atoms with Crippen molar-refractivity contribution in [1.82, 2.24) is 35.3 Å². The van der Waals surface area contributed by atoms with E-state index in [1.54, 1.807) is 11.2 Å². The molecule has 178 valence electrons. The van der Waals surface area contributed by atoms with E-state index in [0.29, 0.717) is 31.2 Å². The molecule has 2 aromatic carbocycles. The highest BCUT2D eigenvalue weighted by Gasteiger charge is 2.25. The first-order chi connectivity index (χ1) is 17.7. The first kappa shape index (κ1) is 20.8. The lowest BCUT2D eigenvalue weighted by Crippen LogP contribution is -2.36. The number of amides is 1. The maximum absolute atomic E-state index is 13.2. The largest absolute Gasteiger partial charge is 0.367 e. The van der Waals surface area contributed by atoms with Crippen molar-refractivity contribution in [3.8, 4) is 11.3 Å². The summed E-state index contributed by atoms with van der Waals surface area (Å²) in [5.41, 5.74) is 7.85. The molecule has 9 nitrogen and oxygen atoms in total. The standard InChI is InChI=1S/C27H24N8O/c36-27(35-8-7-21-25(14-35)33-34-32-21)24-12-19-6-5-18(11-23(19)31-24)22-13-26(29-15-28-22)30-20-9-16-3-1-2-4-17(16)10-20/h1-6,11-13,15,20,31H,7-10,14H2,(H,28,29,30)(H,32,33,34). The molecule has 9 heteroatoms. The zero-order valence-electron chi connectivity index (χ0n) is 19.5. The summed E-state index contributed by atoms with van der Waals surface area (Å²) in [4.78, 5) is 27.2.